The highest BCUT2D eigenvalue weighted by molar-refractivity contribution is 7.99. The van der Waals surface area contributed by atoms with E-state index in [0.29, 0.717) is 72.2 Å². The third-order valence-electron chi connectivity index (χ3n) is 8.66. The number of aliphatic hydroxyl groups is 1. The number of carbonyl (C=O) groups excluding carboxylic acids is 1. The van der Waals surface area contributed by atoms with Crippen LogP contribution in [0.4, 0.5) is 16.4 Å². The Bertz CT molecular complexity index is 1400. The lowest BCUT2D eigenvalue weighted by Gasteiger charge is -2.46. The Balaban J connectivity index is 1.28. The molecule has 3 aliphatic rings. The average molecular weight is 649 g/mol. The molecular formula is C30H41ClN6O6S. The molecule has 14 heteroatoms. The van der Waals surface area contributed by atoms with Crippen LogP contribution in [0.15, 0.2) is 28.4 Å². The summed E-state index contributed by atoms with van der Waals surface area (Å²) in [5, 5.41) is 24.2. The molecule has 3 N–H and O–H groups in total. The van der Waals surface area contributed by atoms with E-state index in [4.69, 9.17) is 21.1 Å². The average Bonchev–Trinajstić information content (AvgIpc) is 3.18. The van der Waals surface area contributed by atoms with Crippen LogP contribution in [0.2, 0.25) is 5.02 Å². The number of amides is 1. The Morgan fingerprint density at radius 3 is 2.43 bits per heavy atom. The molecule has 0 aromatic carbocycles. The topological polar surface area (TPSA) is 150 Å². The minimum Gasteiger partial charge on any atom is -0.476 e. The number of ether oxygens (including phenoxy) is 2. The lowest BCUT2D eigenvalue weighted by molar-refractivity contribution is 0.00436. The highest BCUT2D eigenvalue weighted by atomic mass is 35.5. The molecule has 44 heavy (non-hydrogen) atoms. The van der Waals surface area contributed by atoms with E-state index in [-0.39, 0.29) is 29.2 Å². The Labute approximate surface area is 266 Å². The summed E-state index contributed by atoms with van der Waals surface area (Å²) in [4.78, 5) is 43.0. The molecule has 1 spiro atoms. The zero-order chi connectivity index (χ0) is 32.0. The number of pyridine rings is 1. The van der Waals surface area contributed by atoms with Gasteiger partial charge in [0.15, 0.2) is 11.5 Å². The second kappa shape index (κ2) is 12.1. The summed E-state index contributed by atoms with van der Waals surface area (Å²) in [7, 11) is 0. The summed E-state index contributed by atoms with van der Waals surface area (Å²) in [5.41, 5.74) is -1.82. The van der Waals surface area contributed by atoms with Crippen molar-refractivity contribution in [3.05, 3.63) is 29.2 Å². The van der Waals surface area contributed by atoms with Crippen LogP contribution < -0.4 is 15.1 Å². The number of rotatable bonds is 7. The Kier molecular flexibility index (Phi) is 8.98. The van der Waals surface area contributed by atoms with Gasteiger partial charge in [0.25, 0.3) is 0 Å². The lowest BCUT2D eigenvalue weighted by atomic mass is 9.73. The van der Waals surface area contributed by atoms with Crippen molar-refractivity contribution in [1.29, 1.82) is 0 Å². The number of aromatic nitrogens is 3. The van der Waals surface area contributed by atoms with Gasteiger partial charge in [-0.1, -0.05) is 23.4 Å². The van der Waals surface area contributed by atoms with Crippen molar-refractivity contribution >= 4 is 47.1 Å². The maximum atomic E-state index is 12.6. The molecule has 2 atom stereocenters. The second-order valence-electron chi connectivity index (χ2n) is 13.5. The van der Waals surface area contributed by atoms with Gasteiger partial charge in [0.05, 0.1) is 35.6 Å². The van der Waals surface area contributed by atoms with Crippen molar-refractivity contribution in [1.82, 2.24) is 20.3 Å². The van der Waals surface area contributed by atoms with Crippen LogP contribution in [0.25, 0.3) is 0 Å². The summed E-state index contributed by atoms with van der Waals surface area (Å²) in [6.07, 6.45) is 3.92. The first-order chi connectivity index (χ1) is 20.6. The summed E-state index contributed by atoms with van der Waals surface area (Å²) in [6, 6.07) is 1.53. The fourth-order valence-electron chi connectivity index (χ4n) is 6.02. The third-order valence-corrected chi connectivity index (χ3v) is 10.1. The zero-order valence-corrected chi connectivity index (χ0v) is 27.5. The van der Waals surface area contributed by atoms with Crippen LogP contribution in [0, 0.1) is 11.3 Å². The van der Waals surface area contributed by atoms with E-state index in [0.717, 1.165) is 0 Å². The molecule has 5 heterocycles. The van der Waals surface area contributed by atoms with E-state index >= 15 is 0 Å². The Morgan fingerprint density at radius 2 is 1.82 bits per heavy atom. The number of carboxylic acid groups (broad SMARTS) is 1. The monoisotopic (exact) mass is 648 g/mol. The minimum atomic E-state index is -1.17. The van der Waals surface area contributed by atoms with E-state index < -0.39 is 23.3 Å². The first kappa shape index (κ1) is 32.5. The van der Waals surface area contributed by atoms with Gasteiger partial charge in [-0.3, -0.25) is 0 Å². The molecule has 0 aliphatic carbocycles. The molecule has 3 fully saturated rings. The number of piperidine rings is 1. The summed E-state index contributed by atoms with van der Waals surface area (Å²) >= 11 is 7.95. The number of anilines is 2. The molecule has 0 radical (unpaired) electrons. The van der Waals surface area contributed by atoms with Gasteiger partial charge in [-0.05, 0) is 60.5 Å². The molecule has 0 bridgehead atoms. The molecule has 3 saturated heterocycles. The van der Waals surface area contributed by atoms with Crippen molar-refractivity contribution < 1.29 is 29.3 Å². The van der Waals surface area contributed by atoms with Gasteiger partial charge >= 0.3 is 12.1 Å². The van der Waals surface area contributed by atoms with E-state index in [2.05, 4.69) is 20.3 Å². The molecule has 1 amide bonds. The van der Waals surface area contributed by atoms with Gasteiger partial charge < -0.3 is 34.8 Å². The summed E-state index contributed by atoms with van der Waals surface area (Å²) in [5.74, 6) is -0.126. The SMILES string of the molecule is C[C@@H]1OCC2(CCN(c3ncc(Sc4ccnc(N5CC(C(C)(C)O)C5)c4Cl)nc3C(=O)O)CC2)[C@@H]1NC(=O)OC(C)(C)C. The molecule has 0 saturated carbocycles. The number of hydrogen-bond acceptors (Lipinski definition) is 11. The standard InChI is InChI=1S/C30H41ClN6O6S/c1-17-23(35-27(40)43-28(2,3)4)30(16-42-17)8-11-36(12-9-30)25-22(26(38)39)34-20(13-33-25)44-19-7-10-32-24(21(19)31)37-14-18(15-37)29(5,6)41/h7,10,13,17-18,23,41H,8-9,11-12,14-16H2,1-6H3,(H,35,40)(H,38,39)/t17-,23+/m0/s1. The van der Waals surface area contributed by atoms with Crippen LogP contribution in [-0.4, -0.2) is 93.4 Å². The lowest BCUT2D eigenvalue weighted by Crippen LogP contribution is -2.56. The maximum Gasteiger partial charge on any atom is 0.407 e. The number of alkyl carbamates (subject to hydrolysis) is 1. The molecule has 12 nitrogen and oxygen atoms in total. The van der Waals surface area contributed by atoms with Crippen LogP contribution in [0.5, 0.6) is 0 Å². The van der Waals surface area contributed by atoms with Crippen molar-refractivity contribution in [3.63, 3.8) is 0 Å². The van der Waals surface area contributed by atoms with Crippen molar-refractivity contribution in [2.75, 3.05) is 42.6 Å². The minimum absolute atomic E-state index is 0.120. The van der Waals surface area contributed by atoms with Gasteiger partial charge in [-0.2, -0.15) is 0 Å². The molecule has 2 aromatic rings. The Morgan fingerprint density at radius 1 is 1.14 bits per heavy atom. The zero-order valence-electron chi connectivity index (χ0n) is 26.0. The number of aromatic carboxylic acids is 1. The molecule has 5 rings (SSSR count). The largest absolute Gasteiger partial charge is 0.476 e. The van der Waals surface area contributed by atoms with E-state index in [1.165, 1.54) is 11.8 Å². The second-order valence-corrected chi connectivity index (χ2v) is 14.9. The van der Waals surface area contributed by atoms with Crippen molar-refractivity contribution in [2.24, 2.45) is 11.3 Å². The first-order valence-electron chi connectivity index (χ1n) is 14.8. The molecule has 3 aliphatic heterocycles. The van der Waals surface area contributed by atoms with Crippen molar-refractivity contribution in [3.8, 4) is 0 Å². The number of carboxylic acids is 1. The molecule has 240 valence electrons. The van der Waals surface area contributed by atoms with Crippen LogP contribution in [-0.2, 0) is 9.47 Å². The first-order valence-corrected chi connectivity index (χ1v) is 16.0. The van der Waals surface area contributed by atoms with Crippen LogP contribution in [0.1, 0.15) is 64.9 Å². The number of nitrogens with zero attached hydrogens (tertiary/aromatic N) is 5. The number of carbonyl (C=O) groups is 2. The fraction of sp³-hybridized carbons (Fsp3) is 0.633. The Hall–Kier alpha value is -2.87. The van der Waals surface area contributed by atoms with Crippen molar-refractivity contribution in [2.45, 2.75) is 87.7 Å². The quantitative estimate of drug-likeness (QED) is 0.388. The highest BCUT2D eigenvalue weighted by Gasteiger charge is 2.51. The van der Waals surface area contributed by atoms with Gasteiger partial charge in [0.1, 0.15) is 16.4 Å². The highest BCUT2D eigenvalue weighted by Crippen LogP contribution is 2.44. The predicted octanol–water partition coefficient (Wildman–Crippen LogP) is 4.48. The molecular weight excluding hydrogens is 608 g/mol. The van der Waals surface area contributed by atoms with Crippen LogP contribution >= 0.6 is 23.4 Å². The smallest absolute Gasteiger partial charge is 0.407 e. The predicted molar refractivity (Wildman–Crippen MR) is 167 cm³/mol. The van der Waals surface area contributed by atoms with Gasteiger partial charge in [0, 0.05) is 48.6 Å². The van der Waals surface area contributed by atoms with E-state index in [1.54, 1.807) is 32.3 Å². The van der Waals surface area contributed by atoms with Crippen LogP contribution in [0.3, 0.4) is 0 Å². The number of halogens is 1. The van der Waals surface area contributed by atoms with Gasteiger partial charge in [-0.25, -0.2) is 24.5 Å². The third kappa shape index (κ3) is 6.85. The number of nitrogens with one attached hydrogen (secondary N) is 1. The molecule has 0 unspecified atom stereocenters. The van der Waals surface area contributed by atoms with Gasteiger partial charge in [-0.15, -0.1) is 0 Å². The maximum absolute atomic E-state index is 12.6. The van der Waals surface area contributed by atoms with E-state index in [9.17, 15) is 19.8 Å². The fourth-order valence-corrected chi connectivity index (χ4v) is 7.15. The van der Waals surface area contributed by atoms with Gasteiger partial charge in [0.2, 0.25) is 0 Å². The molecule has 2 aromatic heterocycles. The van der Waals surface area contributed by atoms with E-state index in [1.807, 2.05) is 37.5 Å². The number of hydrogen-bond donors (Lipinski definition) is 3. The summed E-state index contributed by atoms with van der Waals surface area (Å²) in [6.45, 7) is 13.9. The normalized spacial score (nSPS) is 22.2. The summed E-state index contributed by atoms with van der Waals surface area (Å²) < 4.78 is 11.5.